The van der Waals surface area contributed by atoms with E-state index in [2.05, 4.69) is 18.8 Å². The first-order valence-corrected chi connectivity index (χ1v) is 10.6. The van der Waals surface area contributed by atoms with Crippen LogP contribution < -0.4 is 10.3 Å². The van der Waals surface area contributed by atoms with Gasteiger partial charge in [0.25, 0.3) is 5.56 Å². The third-order valence-electron chi connectivity index (χ3n) is 5.71. The van der Waals surface area contributed by atoms with Crippen molar-refractivity contribution < 1.29 is 9.53 Å². The number of benzene rings is 1. The zero-order valence-corrected chi connectivity index (χ0v) is 17.7. The Balaban J connectivity index is 1.73. The van der Waals surface area contributed by atoms with Crippen LogP contribution in [0.3, 0.4) is 0 Å². The van der Waals surface area contributed by atoms with Crippen molar-refractivity contribution in [2.45, 2.75) is 58.9 Å². The largest absolute Gasteiger partial charge is 0.497 e. The maximum atomic E-state index is 12.9. The van der Waals surface area contributed by atoms with Crippen LogP contribution in [0.25, 0.3) is 0 Å². The quantitative estimate of drug-likeness (QED) is 0.740. The number of carbonyl (C=O) groups excluding carboxylic acids is 1. The van der Waals surface area contributed by atoms with Gasteiger partial charge in [-0.05, 0) is 30.5 Å². The molecule has 156 valence electrons. The van der Waals surface area contributed by atoms with Crippen LogP contribution in [0.5, 0.6) is 5.75 Å². The molecular weight excluding hydrogens is 366 g/mol. The number of carbonyl (C=O) groups is 1. The van der Waals surface area contributed by atoms with Crippen LogP contribution in [0, 0.1) is 5.92 Å². The van der Waals surface area contributed by atoms with Crippen LogP contribution in [0.1, 0.15) is 62.2 Å². The number of hydrogen-bond acceptors (Lipinski definition) is 4. The molecule has 1 amide bonds. The Kier molecular flexibility index (Phi) is 7.07. The van der Waals surface area contributed by atoms with Gasteiger partial charge in [-0.1, -0.05) is 38.8 Å². The lowest BCUT2D eigenvalue weighted by Gasteiger charge is -2.31. The van der Waals surface area contributed by atoms with Gasteiger partial charge >= 0.3 is 0 Å². The smallest absolute Gasteiger partial charge is 0.256 e. The van der Waals surface area contributed by atoms with Gasteiger partial charge in [0.05, 0.1) is 24.9 Å². The molecule has 1 atom stereocenters. The lowest BCUT2D eigenvalue weighted by Crippen LogP contribution is -2.42. The second-order valence-electron chi connectivity index (χ2n) is 7.72. The number of ether oxygens (including phenoxy) is 1. The second-order valence-corrected chi connectivity index (χ2v) is 7.72. The highest BCUT2D eigenvalue weighted by atomic mass is 16.5. The summed E-state index contributed by atoms with van der Waals surface area (Å²) in [6, 6.07) is 7.75. The summed E-state index contributed by atoms with van der Waals surface area (Å²) >= 11 is 0. The molecule has 2 heterocycles. The molecule has 0 saturated carbocycles. The Labute approximate surface area is 172 Å². The van der Waals surface area contributed by atoms with E-state index in [1.54, 1.807) is 7.11 Å². The Morgan fingerprint density at radius 3 is 2.69 bits per heavy atom. The molecule has 0 aliphatic carbocycles. The molecule has 6 nitrogen and oxygen atoms in total. The Morgan fingerprint density at radius 2 is 2.03 bits per heavy atom. The van der Waals surface area contributed by atoms with Gasteiger partial charge in [-0.15, -0.1) is 0 Å². The highest BCUT2D eigenvalue weighted by Gasteiger charge is 2.28. The average molecular weight is 398 g/mol. The fraction of sp³-hybridized carbons (Fsp3) is 0.522. The van der Waals surface area contributed by atoms with E-state index in [-0.39, 0.29) is 17.4 Å². The molecule has 1 aliphatic rings. The third kappa shape index (κ3) is 5.05. The van der Waals surface area contributed by atoms with Gasteiger partial charge in [0.15, 0.2) is 0 Å². The summed E-state index contributed by atoms with van der Waals surface area (Å²) in [5, 5.41) is 0. The van der Waals surface area contributed by atoms with E-state index in [0.717, 1.165) is 42.7 Å². The van der Waals surface area contributed by atoms with Gasteiger partial charge < -0.3 is 14.6 Å². The van der Waals surface area contributed by atoms with Crippen LogP contribution in [-0.2, 0) is 24.2 Å². The summed E-state index contributed by atoms with van der Waals surface area (Å²) in [7, 11) is 1.64. The van der Waals surface area contributed by atoms with E-state index in [4.69, 9.17) is 9.72 Å². The highest BCUT2D eigenvalue weighted by molar-refractivity contribution is 5.79. The molecule has 0 fully saturated rings. The van der Waals surface area contributed by atoms with Crippen molar-refractivity contribution in [1.29, 1.82) is 0 Å². The minimum atomic E-state index is -0.127. The van der Waals surface area contributed by atoms with Gasteiger partial charge in [-0.3, -0.25) is 9.59 Å². The monoisotopic (exact) mass is 397 g/mol. The van der Waals surface area contributed by atoms with Crippen LogP contribution in [0.15, 0.2) is 29.1 Å². The molecule has 1 aliphatic heterocycles. The molecule has 0 bridgehead atoms. The number of nitrogens with zero attached hydrogens (tertiary/aromatic N) is 2. The van der Waals surface area contributed by atoms with E-state index in [9.17, 15) is 9.59 Å². The fourth-order valence-electron chi connectivity index (χ4n) is 3.90. The highest BCUT2D eigenvalue weighted by Crippen LogP contribution is 2.21. The molecule has 2 aromatic rings. The predicted octanol–water partition coefficient (Wildman–Crippen LogP) is 3.47. The fourth-order valence-corrected chi connectivity index (χ4v) is 3.90. The number of rotatable bonds is 8. The molecule has 3 rings (SSSR count). The third-order valence-corrected chi connectivity index (χ3v) is 5.71. The van der Waals surface area contributed by atoms with Crippen molar-refractivity contribution in [3.8, 4) is 5.75 Å². The number of fused-ring (bicyclic) bond motifs is 1. The first kappa shape index (κ1) is 21.1. The summed E-state index contributed by atoms with van der Waals surface area (Å²) in [6.45, 7) is 5.20. The van der Waals surface area contributed by atoms with Crippen molar-refractivity contribution in [3.05, 3.63) is 57.3 Å². The molecule has 1 N–H and O–H groups in total. The summed E-state index contributed by atoms with van der Waals surface area (Å²) in [6.07, 6.45) is 5.11. The van der Waals surface area contributed by atoms with Gasteiger partial charge in [0, 0.05) is 25.3 Å². The predicted molar refractivity (Wildman–Crippen MR) is 113 cm³/mol. The Morgan fingerprint density at radius 1 is 1.28 bits per heavy atom. The second kappa shape index (κ2) is 9.72. The molecule has 0 saturated heterocycles. The number of hydrogen-bond donors (Lipinski definition) is 1. The lowest BCUT2D eigenvalue weighted by atomic mass is 9.96. The van der Waals surface area contributed by atoms with Gasteiger partial charge in [-0.25, -0.2) is 4.98 Å². The van der Waals surface area contributed by atoms with Crippen LogP contribution >= 0.6 is 0 Å². The van der Waals surface area contributed by atoms with Crippen molar-refractivity contribution in [1.82, 2.24) is 14.9 Å². The standard InChI is InChI=1S/C23H31N3O3/c1-4-6-7-17(5-2)23(28)26-13-12-20-19(15-26)22(27)25-21(24-20)14-16-8-10-18(29-3)11-9-16/h8-11,17H,4-7,12-15H2,1-3H3,(H,24,25,27)/t17-/m1/s1. The number of aromatic nitrogens is 2. The SMILES string of the molecule is CCCC[C@@H](CC)C(=O)N1CCc2nc(Cc3ccc(OC)cc3)[nH]c(=O)c2C1. The maximum Gasteiger partial charge on any atom is 0.256 e. The van der Waals surface area contributed by atoms with Crippen LogP contribution in [0.2, 0.25) is 0 Å². The van der Waals surface area contributed by atoms with Gasteiger partial charge in [-0.2, -0.15) is 0 Å². The maximum absolute atomic E-state index is 12.9. The topological polar surface area (TPSA) is 75.3 Å². The summed E-state index contributed by atoms with van der Waals surface area (Å²) in [4.78, 5) is 35.0. The zero-order chi connectivity index (χ0) is 20.8. The van der Waals surface area contributed by atoms with Crippen LogP contribution in [-0.4, -0.2) is 34.4 Å². The molecule has 0 unspecified atom stereocenters. The molecule has 0 spiro atoms. The normalized spacial score (nSPS) is 14.4. The first-order valence-electron chi connectivity index (χ1n) is 10.6. The number of H-pyrrole nitrogens is 1. The van der Waals surface area contributed by atoms with Crippen molar-refractivity contribution in [3.63, 3.8) is 0 Å². The minimum absolute atomic E-state index is 0.0536. The average Bonchev–Trinajstić information content (AvgIpc) is 2.74. The Bertz CT molecular complexity index is 889. The van der Waals surface area contributed by atoms with Crippen molar-refractivity contribution in [2.75, 3.05) is 13.7 Å². The number of aromatic amines is 1. The van der Waals surface area contributed by atoms with E-state index in [1.807, 2.05) is 29.2 Å². The van der Waals surface area contributed by atoms with Gasteiger partial charge in [0.1, 0.15) is 11.6 Å². The van der Waals surface area contributed by atoms with E-state index in [1.165, 1.54) is 0 Å². The number of nitrogens with one attached hydrogen (secondary N) is 1. The molecular formula is C23H31N3O3. The molecule has 6 heteroatoms. The van der Waals surface area contributed by atoms with Crippen molar-refractivity contribution in [2.24, 2.45) is 5.92 Å². The first-order chi connectivity index (χ1) is 14.0. The number of unbranched alkanes of at least 4 members (excludes halogenated alkanes) is 1. The minimum Gasteiger partial charge on any atom is -0.497 e. The number of methoxy groups -OCH3 is 1. The molecule has 1 aromatic carbocycles. The van der Waals surface area contributed by atoms with E-state index >= 15 is 0 Å². The number of amides is 1. The lowest BCUT2D eigenvalue weighted by molar-refractivity contribution is -0.136. The van der Waals surface area contributed by atoms with E-state index < -0.39 is 0 Å². The summed E-state index contributed by atoms with van der Waals surface area (Å²) < 4.78 is 5.18. The summed E-state index contributed by atoms with van der Waals surface area (Å²) in [5.74, 6) is 1.69. The molecule has 1 aromatic heterocycles. The van der Waals surface area contributed by atoms with Crippen LogP contribution in [0.4, 0.5) is 0 Å². The Hall–Kier alpha value is -2.63. The molecule has 0 radical (unpaired) electrons. The van der Waals surface area contributed by atoms with Gasteiger partial charge in [0.2, 0.25) is 5.91 Å². The zero-order valence-electron chi connectivity index (χ0n) is 17.7. The van der Waals surface area contributed by atoms with E-state index in [0.29, 0.717) is 37.3 Å². The van der Waals surface area contributed by atoms with Crippen molar-refractivity contribution >= 4 is 5.91 Å². The molecule has 29 heavy (non-hydrogen) atoms. The summed E-state index contributed by atoms with van der Waals surface area (Å²) in [5.41, 5.74) is 2.39.